The van der Waals surface area contributed by atoms with Crippen molar-refractivity contribution in [3.8, 4) is 0 Å². The van der Waals surface area contributed by atoms with Crippen LogP contribution in [0.1, 0.15) is 25.6 Å². The van der Waals surface area contributed by atoms with Crippen LogP contribution in [-0.4, -0.2) is 16.0 Å². The summed E-state index contributed by atoms with van der Waals surface area (Å²) in [5, 5.41) is 4.40. The minimum absolute atomic E-state index is 0.477. The van der Waals surface area contributed by atoms with Crippen LogP contribution in [0.3, 0.4) is 0 Å². The molecule has 1 rings (SSSR count). The molecule has 0 aliphatic carbocycles. The lowest BCUT2D eigenvalue weighted by Gasteiger charge is -2.03. The summed E-state index contributed by atoms with van der Waals surface area (Å²) < 4.78 is 1.99. The fourth-order valence-corrected chi connectivity index (χ4v) is 1.34. The van der Waals surface area contributed by atoms with Gasteiger partial charge in [0.2, 0.25) is 0 Å². The van der Waals surface area contributed by atoms with Gasteiger partial charge in [0.1, 0.15) is 0 Å². The van der Waals surface area contributed by atoms with Crippen molar-refractivity contribution in [3.05, 3.63) is 18.0 Å². The van der Waals surface area contributed by atoms with Crippen molar-refractivity contribution in [1.29, 1.82) is 0 Å². The molecule has 62 valence electrons. The zero-order valence-corrected chi connectivity index (χ0v) is 8.06. The number of thioether (sulfide) groups is 1. The predicted octanol–water partition coefficient (Wildman–Crippen LogP) is 2.33. The van der Waals surface area contributed by atoms with E-state index in [0.29, 0.717) is 6.04 Å². The molecule has 0 bridgehead atoms. The van der Waals surface area contributed by atoms with E-state index < -0.39 is 0 Å². The molecule has 2 nitrogen and oxygen atoms in total. The summed E-state index contributed by atoms with van der Waals surface area (Å²) in [6.07, 6.45) is 4.13. The largest absolute Gasteiger partial charge is 0.270 e. The van der Waals surface area contributed by atoms with Gasteiger partial charge in [-0.1, -0.05) is 0 Å². The van der Waals surface area contributed by atoms with Gasteiger partial charge in [0.15, 0.2) is 0 Å². The minimum atomic E-state index is 0.477. The van der Waals surface area contributed by atoms with E-state index in [1.54, 1.807) is 11.8 Å². The summed E-state index contributed by atoms with van der Waals surface area (Å²) in [4.78, 5) is 0. The Hall–Kier alpha value is -0.440. The minimum Gasteiger partial charge on any atom is -0.270 e. The highest BCUT2D eigenvalue weighted by atomic mass is 32.2. The fourth-order valence-electron chi connectivity index (χ4n) is 0.890. The van der Waals surface area contributed by atoms with Crippen molar-refractivity contribution < 1.29 is 0 Å². The van der Waals surface area contributed by atoms with Gasteiger partial charge < -0.3 is 0 Å². The molecule has 1 aromatic rings. The van der Waals surface area contributed by atoms with E-state index in [9.17, 15) is 0 Å². The molecule has 1 heterocycles. The normalized spacial score (nSPS) is 10.9. The van der Waals surface area contributed by atoms with Gasteiger partial charge in [0, 0.05) is 18.0 Å². The summed E-state index contributed by atoms with van der Waals surface area (Å²) in [5.74, 6) is 1.01. The molecule has 0 unspecified atom stereocenters. The lowest BCUT2D eigenvalue weighted by molar-refractivity contribution is 0.529. The lowest BCUT2D eigenvalue weighted by Crippen LogP contribution is -2.01. The smallest absolute Gasteiger partial charge is 0.0723 e. The second kappa shape index (κ2) is 3.81. The zero-order valence-electron chi connectivity index (χ0n) is 7.24. The maximum atomic E-state index is 4.40. The van der Waals surface area contributed by atoms with Crippen molar-refractivity contribution in [1.82, 2.24) is 9.78 Å². The van der Waals surface area contributed by atoms with Gasteiger partial charge in [-0.05, 0) is 26.2 Å². The molecule has 3 heteroatoms. The highest BCUT2D eigenvalue weighted by Gasteiger charge is 1.99. The van der Waals surface area contributed by atoms with Gasteiger partial charge in [-0.3, -0.25) is 4.68 Å². The average molecular weight is 170 g/mol. The summed E-state index contributed by atoms with van der Waals surface area (Å²) in [6, 6.07) is 2.56. The number of aromatic nitrogens is 2. The maximum absolute atomic E-state index is 4.40. The number of nitrogens with zero attached hydrogens (tertiary/aromatic N) is 2. The zero-order chi connectivity index (χ0) is 8.27. The van der Waals surface area contributed by atoms with Crippen molar-refractivity contribution in [3.63, 3.8) is 0 Å². The first-order chi connectivity index (χ1) is 5.24. The first kappa shape index (κ1) is 8.65. The molecule has 0 aliphatic heterocycles. The van der Waals surface area contributed by atoms with Crippen LogP contribution in [0.2, 0.25) is 0 Å². The van der Waals surface area contributed by atoms with Crippen LogP contribution in [-0.2, 0) is 5.75 Å². The monoisotopic (exact) mass is 170 g/mol. The highest BCUT2D eigenvalue weighted by molar-refractivity contribution is 7.97. The first-order valence-electron chi connectivity index (χ1n) is 3.77. The Balaban J connectivity index is 2.66. The van der Waals surface area contributed by atoms with Crippen LogP contribution in [0.5, 0.6) is 0 Å². The molecule has 0 fully saturated rings. The van der Waals surface area contributed by atoms with Gasteiger partial charge in [-0.2, -0.15) is 16.9 Å². The fraction of sp³-hybridized carbons (Fsp3) is 0.625. The van der Waals surface area contributed by atoms with Crippen molar-refractivity contribution in [2.75, 3.05) is 6.26 Å². The van der Waals surface area contributed by atoms with Crippen LogP contribution in [0.15, 0.2) is 12.3 Å². The summed E-state index contributed by atoms with van der Waals surface area (Å²) in [6.45, 7) is 4.27. The number of hydrogen-bond acceptors (Lipinski definition) is 2. The van der Waals surface area contributed by atoms with Gasteiger partial charge >= 0.3 is 0 Å². The summed E-state index contributed by atoms with van der Waals surface area (Å²) in [7, 11) is 0. The molecule has 0 amide bonds. The van der Waals surface area contributed by atoms with Crippen LogP contribution < -0.4 is 0 Å². The van der Waals surface area contributed by atoms with Gasteiger partial charge in [0.25, 0.3) is 0 Å². The molecule has 0 saturated heterocycles. The van der Waals surface area contributed by atoms with Crippen molar-refractivity contribution >= 4 is 11.8 Å². The molecule has 11 heavy (non-hydrogen) atoms. The van der Waals surface area contributed by atoms with Crippen LogP contribution in [0.4, 0.5) is 0 Å². The topological polar surface area (TPSA) is 17.8 Å². The Morgan fingerprint density at radius 3 is 2.82 bits per heavy atom. The third kappa shape index (κ3) is 2.26. The molecular weight excluding hydrogens is 156 g/mol. The van der Waals surface area contributed by atoms with Crippen molar-refractivity contribution in [2.45, 2.75) is 25.6 Å². The third-order valence-corrected chi connectivity index (χ3v) is 2.07. The van der Waals surface area contributed by atoms with E-state index in [0.717, 1.165) is 5.75 Å². The van der Waals surface area contributed by atoms with Crippen LogP contribution >= 0.6 is 11.8 Å². The maximum Gasteiger partial charge on any atom is 0.0723 e. The Morgan fingerprint density at radius 2 is 2.36 bits per heavy atom. The molecule has 0 atom stereocenters. The molecule has 0 aromatic carbocycles. The van der Waals surface area contributed by atoms with Crippen molar-refractivity contribution in [2.24, 2.45) is 0 Å². The highest BCUT2D eigenvalue weighted by Crippen LogP contribution is 2.08. The molecule has 0 radical (unpaired) electrons. The summed E-state index contributed by atoms with van der Waals surface area (Å²) in [5.41, 5.74) is 1.17. The van der Waals surface area contributed by atoms with E-state index in [2.05, 4.69) is 31.3 Å². The molecule has 0 spiro atoms. The van der Waals surface area contributed by atoms with E-state index in [4.69, 9.17) is 0 Å². The SMILES string of the molecule is CSCc1ccn(C(C)C)n1. The van der Waals surface area contributed by atoms with E-state index >= 15 is 0 Å². The Bertz CT molecular complexity index is 218. The summed E-state index contributed by atoms with van der Waals surface area (Å²) >= 11 is 1.80. The molecule has 0 aliphatic rings. The second-order valence-corrected chi connectivity index (χ2v) is 3.68. The average Bonchev–Trinajstić information content (AvgIpc) is 2.37. The number of rotatable bonds is 3. The molecular formula is C8H14N2S. The van der Waals surface area contributed by atoms with Gasteiger partial charge in [-0.25, -0.2) is 0 Å². The lowest BCUT2D eigenvalue weighted by atomic mass is 10.4. The Labute approximate surface area is 72.0 Å². The molecule has 0 N–H and O–H groups in total. The molecule has 0 saturated carbocycles. The number of hydrogen-bond donors (Lipinski definition) is 0. The van der Waals surface area contributed by atoms with E-state index in [1.165, 1.54) is 5.69 Å². The standard InChI is InChI=1S/C8H14N2S/c1-7(2)10-5-4-8(9-10)6-11-3/h4-5,7H,6H2,1-3H3. The molecule has 1 aromatic heterocycles. The van der Waals surface area contributed by atoms with Crippen LogP contribution in [0.25, 0.3) is 0 Å². The Kier molecular flexibility index (Phi) is 3.00. The predicted molar refractivity (Wildman–Crippen MR) is 49.8 cm³/mol. The van der Waals surface area contributed by atoms with Crippen LogP contribution in [0, 0.1) is 0 Å². The second-order valence-electron chi connectivity index (χ2n) is 2.81. The van der Waals surface area contributed by atoms with Gasteiger partial charge in [-0.15, -0.1) is 0 Å². The van der Waals surface area contributed by atoms with E-state index in [1.807, 2.05) is 10.9 Å². The Morgan fingerprint density at radius 1 is 1.64 bits per heavy atom. The van der Waals surface area contributed by atoms with Gasteiger partial charge in [0.05, 0.1) is 5.69 Å². The first-order valence-corrected chi connectivity index (χ1v) is 5.16. The third-order valence-electron chi connectivity index (χ3n) is 1.48. The van der Waals surface area contributed by atoms with E-state index in [-0.39, 0.29) is 0 Å². The quantitative estimate of drug-likeness (QED) is 0.693.